The molecule has 0 unspecified atom stereocenters. The number of hydrogen-bond acceptors (Lipinski definition) is 1. The van der Waals surface area contributed by atoms with E-state index in [-0.39, 0.29) is 5.91 Å². The Bertz CT molecular complexity index is 417. The van der Waals surface area contributed by atoms with Crippen molar-refractivity contribution in [2.45, 2.75) is 46.0 Å². The van der Waals surface area contributed by atoms with Crippen molar-refractivity contribution in [3.8, 4) is 0 Å². The zero-order valence-corrected chi connectivity index (χ0v) is 11.5. The first kappa shape index (κ1) is 13.1. The minimum absolute atomic E-state index is 0.208. The summed E-state index contributed by atoms with van der Waals surface area (Å²) in [5, 5.41) is 0. The summed E-state index contributed by atoms with van der Waals surface area (Å²) in [7, 11) is 0. The number of amides is 1. The molecule has 1 saturated heterocycles. The lowest BCUT2D eigenvalue weighted by molar-refractivity contribution is 0.0742. The molecule has 18 heavy (non-hydrogen) atoms. The molecule has 0 spiro atoms. The number of aryl methyl sites for hydroxylation is 2. The second kappa shape index (κ2) is 6.03. The monoisotopic (exact) mass is 245 g/mol. The van der Waals surface area contributed by atoms with Crippen LogP contribution in [0.15, 0.2) is 18.2 Å². The Morgan fingerprint density at radius 2 is 1.56 bits per heavy atom. The maximum absolute atomic E-state index is 12.5. The summed E-state index contributed by atoms with van der Waals surface area (Å²) < 4.78 is 0. The average molecular weight is 245 g/mol. The zero-order chi connectivity index (χ0) is 13.0. The van der Waals surface area contributed by atoms with E-state index in [1.54, 1.807) is 0 Å². The number of carbonyl (C=O) groups is 1. The summed E-state index contributed by atoms with van der Waals surface area (Å²) >= 11 is 0. The van der Waals surface area contributed by atoms with Crippen LogP contribution in [0.1, 0.15) is 53.6 Å². The molecule has 1 aromatic rings. The maximum Gasteiger partial charge on any atom is 0.253 e. The number of benzene rings is 1. The van der Waals surface area contributed by atoms with E-state index >= 15 is 0 Å². The van der Waals surface area contributed by atoms with Gasteiger partial charge < -0.3 is 4.90 Å². The SMILES string of the molecule is Cc1ccc(C(=O)N2CCCCCCC2)cc1C. The highest BCUT2D eigenvalue weighted by Gasteiger charge is 2.16. The van der Waals surface area contributed by atoms with Crippen LogP contribution in [0.4, 0.5) is 0 Å². The minimum atomic E-state index is 0.208. The van der Waals surface area contributed by atoms with Crippen molar-refractivity contribution in [2.24, 2.45) is 0 Å². The molecule has 2 rings (SSSR count). The fourth-order valence-corrected chi connectivity index (χ4v) is 2.51. The Balaban J connectivity index is 2.10. The summed E-state index contributed by atoms with van der Waals surface area (Å²) in [6, 6.07) is 6.03. The lowest BCUT2D eigenvalue weighted by atomic mass is 10.0. The van der Waals surface area contributed by atoms with Crippen LogP contribution in [0.25, 0.3) is 0 Å². The van der Waals surface area contributed by atoms with Gasteiger partial charge in [-0.05, 0) is 49.9 Å². The molecule has 2 nitrogen and oxygen atoms in total. The summed E-state index contributed by atoms with van der Waals surface area (Å²) in [6.45, 7) is 6.00. The second-order valence-corrected chi connectivity index (χ2v) is 5.36. The predicted octanol–water partition coefficient (Wildman–Crippen LogP) is 3.71. The van der Waals surface area contributed by atoms with Crippen LogP contribution in [0, 0.1) is 13.8 Å². The highest BCUT2D eigenvalue weighted by atomic mass is 16.2. The summed E-state index contributed by atoms with van der Waals surface area (Å²) in [5.74, 6) is 0.208. The van der Waals surface area contributed by atoms with Gasteiger partial charge in [-0.25, -0.2) is 0 Å². The summed E-state index contributed by atoms with van der Waals surface area (Å²) in [5.41, 5.74) is 3.30. The fraction of sp³-hybridized carbons (Fsp3) is 0.562. The van der Waals surface area contributed by atoms with Gasteiger partial charge in [-0.1, -0.05) is 25.3 Å². The van der Waals surface area contributed by atoms with E-state index in [1.165, 1.54) is 30.4 Å². The molecular formula is C16H23NO. The number of carbonyl (C=O) groups excluding carboxylic acids is 1. The van der Waals surface area contributed by atoms with Gasteiger partial charge in [0, 0.05) is 18.7 Å². The molecular weight excluding hydrogens is 222 g/mol. The highest BCUT2D eigenvalue weighted by molar-refractivity contribution is 5.94. The van der Waals surface area contributed by atoms with Crippen LogP contribution in [-0.2, 0) is 0 Å². The fourth-order valence-electron chi connectivity index (χ4n) is 2.51. The Hall–Kier alpha value is -1.31. The van der Waals surface area contributed by atoms with Crippen molar-refractivity contribution in [1.82, 2.24) is 4.90 Å². The summed E-state index contributed by atoms with van der Waals surface area (Å²) in [6.07, 6.45) is 6.15. The molecule has 98 valence electrons. The normalized spacial score (nSPS) is 17.1. The molecule has 0 saturated carbocycles. The first-order chi connectivity index (χ1) is 8.68. The van der Waals surface area contributed by atoms with Gasteiger partial charge in [0.1, 0.15) is 0 Å². The standard InChI is InChI=1S/C16H23NO/c1-13-8-9-15(12-14(13)2)16(18)17-10-6-4-3-5-7-11-17/h8-9,12H,3-7,10-11H2,1-2H3. The second-order valence-electron chi connectivity index (χ2n) is 5.36. The third-order valence-electron chi connectivity index (χ3n) is 3.90. The number of nitrogens with zero attached hydrogens (tertiary/aromatic N) is 1. The van der Waals surface area contributed by atoms with Gasteiger partial charge in [0.15, 0.2) is 0 Å². The average Bonchev–Trinajstić information content (AvgIpc) is 2.31. The van der Waals surface area contributed by atoms with Gasteiger partial charge >= 0.3 is 0 Å². The number of hydrogen-bond donors (Lipinski definition) is 0. The molecule has 0 aromatic heterocycles. The molecule has 1 fully saturated rings. The van der Waals surface area contributed by atoms with E-state index in [1.807, 2.05) is 23.1 Å². The van der Waals surface area contributed by atoms with Gasteiger partial charge in [-0.3, -0.25) is 4.79 Å². The summed E-state index contributed by atoms with van der Waals surface area (Å²) in [4.78, 5) is 14.5. The van der Waals surface area contributed by atoms with Gasteiger partial charge in [-0.15, -0.1) is 0 Å². The first-order valence-electron chi connectivity index (χ1n) is 7.05. The Kier molecular flexibility index (Phi) is 4.40. The lowest BCUT2D eigenvalue weighted by Crippen LogP contribution is -2.33. The van der Waals surface area contributed by atoms with Gasteiger partial charge in [0.2, 0.25) is 0 Å². The molecule has 1 aromatic carbocycles. The van der Waals surface area contributed by atoms with E-state index in [0.29, 0.717) is 0 Å². The van der Waals surface area contributed by atoms with Gasteiger partial charge in [0.05, 0.1) is 0 Å². The molecule has 1 heterocycles. The van der Waals surface area contributed by atoms with Crippen LogP contribution >= 0.6 is 0 Å². The van der Waals surface area contributed by atoms with Crippen molar-refractivity contribution >= 4 is 5.91 Å². The molecule has 0 aliphatic carbocycles. The number of likely N-dealkylation sites (tertiary alicyclic amines) is 1. The predicted molar refractivity (Wildman–Crippen MR) is 74.9 cm³/mol. The van der Waals surface area contributed by atoms with Crippen molar-refractivity contribution in [1.29, 1.82) is 0 Å². The van der Waals surface area contributed by atoms with E-state index < -0.39 is 0 Å². The third-order valence-corrected chi connectivity index (χ3v) is 3.90. The smallest absolute Gasteiger partial charge is 0.253 e. The molecule has 1 amide bonds. The van der Waals surface area contributed by atoms with E-state index in [9.17, 15) is 4.79 Å². The van der Waals surface area contributed by atoms with Crippen molar-refractivity contribution in [3.05, 3.63) is 34.9 Å². The molecule has 1 aliphatic rings. The molecule has 0 radical (unpaired) electrons. The van der Waals surface area contributed by atoms with E-state index in [0.717, 1.165) is 31.5 Å². The van der Waals surface area contributed by atoms with Crippen LogP contribution in [0.2, 0.25) is 0 Å². The molecule has 0 N–H and O–H groups in total. The Morgan fingerprint density at radius 3 is 2.17 bits per heavy atom. The number of rotatable bonds is 1. The van der Waals surface area contributed by atoms with Crippen molar-refractivity contribution in [3.63, 3.8) is 0 Å². The first-order valence-corrected chi connectivity index (χ1v) is 7.05. The zero-order valence-electron chi connectivity index (χ0n) is 11.5. The van der Waals surface area contributed by atoms with Crippen LogP contribution in [0.5, 0.6) is 0 Å². The minimum Gasteiger partial charge on any atom is -0.339 e. The van der Waals surface area contributed by atoms with Crippen LogP contribution < -0.4 is 0 Å². The topological polar surface area (TPSA) is 20.3 Å². The molecule has 0 atom stereocenters. The Morgan fingerprint density at radius 1 is 0.944 bits per heavy atom. The van der Waals surface area contributed by atoms with Crippen molar-refractivity contribution < 1.29 is 4.79 Å². The van der Waals surface area contributed by atoms with E-state index in [2.05, 4.69) is 13.8 Å². The third kappa shape index (κ3) is 3.12. The highest BCUT2D eigenvalue weighted by Crippen LogP contribution is 2.15. The van der Waals surface area contributed by atoms with Gasteiger partial charge in [-0.2, -0.15) is 0 Å². The largest absolute Gasteiger partial charge is 0.339 e. The van der Waals surface area contributed by atoms with Crippen LogP contribution in [-0.4, -0.2) is 23.9 Å². The van der Waals surface area contributed by atoms with Gasteiger partial charge in [0.25, 0.3) is 5.91 Å². The molecule has 1 aliphatic heterocycles. The maximum atomic E-state index is 12.5. The quantitative estimate of drug-likeness (QED) is 0.738. The van der Waals surface area contributed by atoms with Crippen LogP contribution in [0.3, 0.4) is 0 Å². The van der Waals surface area contributed by atoms with Crippen molar-refractivity contribution in [2.75, 3.05) is 13.1 Å². The molecule has 2 heteroatoms. The lowest BCUT2D eigenvalue weighted by Gasteiger charge is -2.25. The Labute approximate surface area is 110 Å². The van der Waals surface area contributed by atoms with E-state index in [4.69, 9.17) is 0 Å². The molecule has 0 bridgehead atoms.